The highest BCUT2D eigenvalue weighted by Crippen LogP contribution is 2.17. The summed E-state index contributed by atoms with van der Waals surface area (Å²) in [5.41, 5.74) is 0. The second-order valence-electron chi connectivity index (χ2n) is 5.03. The van der Waals surface area contributed by atoms with Gasteiger partial charge in [0.05, 0.1) is 0 Å². The molecule has 1 aliphatic rings. The number of hydrogen-bond donors (Lipinski definition) is 1. The first-order valence-corrected chi connectivity index (χ1v) is 7.84. The average Bonchev–Trinajstić information content (AvgIpc) is 2.67. The molecule has 0 bridgehead atoms. The number of rotatable bonds is 9. The Morgan fingerprint density at radius 1 is 1.22 bits per heavy atom. The third-order valence-corrected chi connectivity index (χ3v) is 3.89. The number of hydrazone groups is 1. The average molecular weight is 320 g/mol. The number of amidine groups is 1. The van der Waals surface area contributed by atoms with Crippen LogP contribution in [0.5, 0.6) is 0 Å². The topological polar surface area (TPSA) is 39.1 Å². The van der Waals surface area contributed by atoms with Gasteiger partial charge >= 0.3 is 0 Å². The summed E-state index contributed by atoms with van der Waals surface area (Å²) < 4.78 is 0.737. The summed E-state index contributed by atoms with van der Waals surface area (Å²) >= 11 is 3.37. The van der Waals surface area contributed by atoms with E-state index in [0.717, 1.165) is 17.6 Å². The van der Waals surface area contributed by atoms with Crippen LogP contribution in [0.15, 0.2) is 5.10 Å². The Balaban J connectivity index is 2.04. The lowest BCUT2D eigenvalue weighted by molar-refractivity contribution is 0.0329. The lowest BCUT2D eigenvalue weighted by Crippen LogP contribution is -2.37. The van der Waals surface area contributed by atoms with Crippen LogP contribution in [-0.4, -0.2) is 39.7 Å². The van der Waals surface area contributed by atoms with Gasteiger partial charge in [0.1, 0.15) is 12.9 Å². The molecule has 4 nitrogen and oxygen atoms in total. The van der Waals surface area contributed by atoms with Gasteiger partial charge in [-0.25, -0.2) is 0 Å². The quantitative estimate of drug-likeness (QED) is 0.523. The molecule has 0 radical (unpaired) electrons. The largest absolute Gasteiger partial charge is 0.373 e. The van der Waals surface area contributed by atoms with Crippen molar-refractivity contribution in [3.05, 3.63) is 0 Å². The number of hydrogen-bond acceptors (Lipinski definition) is 4. The van der Waals surface area contributed by atoms with E-state index >= 15 is 0 Å². The van der Waals surface area contributed by atoms with E-state index in [1.54, 1.807) is 0 Å². The minimum absolute atomic E-state index is 0.413. The van der Waals surface area contributed by atoms with Gasteiger partial charge in [-0.1, -0.05) is 45.4 Å². The van der Waals surface area contributed by atoms with E-state index in [9.17, 15) is 5.11 Å². The van der Waals surface area contributed by atoms with Crippen molar-refractivity contribution in [3.63, 3.8) is 0 Å². The summed E-state index contributed by atoms with van der Waals surface area (Å²) in [6.45, 7) is 2.90. The molecule has 0 fully saturated rings. The van der Waals surface area contributed by atoms with Gasteiger partial charge < -0.3 is 10.0 Å². The predicted octanol–water partition coefficient (Wildman–Crippen LogP) is 3.32. The molecule has 1 aliphatic heterocycles. The Labute approximate surface area is 119 Å². The lowest BCUT2D eigenvalue weighted by atomic mass is 10.1. The third kappa shape index (κ3) is 5.57. The van der Waals surface area contributed by atoms with Gasteiger partial charge in [-0.15, -0.1) is 0 Å². The number of halogens is 1. The zero-order valence-electron chi connectivity index (χ0n) is 11.6. The summed E-state index contributed by atoms with van der Waals surface area (Å²) in [6.07, 6.45) is 9.36. The molecule has 1 rings (SSSR count). The molecule has 1 unspecified atom stereocenters. The minimum Gasteiger partial charge on any atom is -0.373 e. The van der Waals surface area contributed by atoms with Crippen LogP contribution >= 0.6 is 15.9 Å². The van der Waals surface area contributed by atoms with Crippen molar-refractivity contribution in [3.8, 4) is 0 Å². The van der Waals surface area contributed by atoms with E-state index in [0.29, 0.717) is 6.67 Å². The summed E-state index contributed by atoms with van der Waals surface area (Å²) in [4.78, 5) is 1.89. The zero-order valence-corrected chi connectivity index (χ0v) is 13.2. The van der Waals surface area contributed by atoms with Crippen molar-refractivity contribution in [2.75, 3.05) is 13.7 Å². The van der Waals surface area contributed by atoms with Crippen LogP contribution in [0.1, 0.15) is 58.3 Å². The molecule has 0 saturated heterocycles. The lowest BCUT2D eigenvalue weighted by Gasteiger charge is -2.24. The molecule has 1 heterocycles. The maximum Gasteiger partial charge on any atom is 0.195 e. The molecule has 0 spiro atoms. The number of aliphatic hydroxyl groups is 1. The molecule has 18 heavy (non-hydrogen) atoms. The molecule has 5 heteroatoms. The maximum atomic E-state index is 10.1. The Morgan fingerprint density at radius 3 is 2.39 bits per heavy atom. The smallest absolute Gasteiger partial charge is 0.195 e. The van der Waals surface area contributed by atoms with Gasteiger partial charge in [0.15, 0.2) is 4.74 Å². The molecular formula is C13H26BrN3O. The van der Waals surface area contributed by atoms with Gasteiger partial charge in [-0.3, -0.25) is 5.01 Å². The van der Waals surface area contributed by atoms with Gasteiger partial charge in [0.2, 0.25) is 0 Å². The highest BCUT2D eigenvalue weighted by molar-refractivity contribution is 9.18. The highest BCUT2D eigenvalue weighted by Gasteiger charge is 2.24. The summed E-state index contributed by atoms with van der Waals surface area (Å²) in [7, 11) is 1.90. The van der Waals surface area contributed by atoms with Crippen LogP contribution in [0.4, 0.5) is 0 Å². The molecule has 0 amide bonds. The summed E-state index contributed by atoms with van der Waals surface area (Å²) in [5, 5.41) is 16.1. The van der Waals surface area contributed by atoms with Gasteiger partial charge in [0, 0.05) is 7.05 Å². The fourth-order valence-corrected chi connectivity index (χ4v) is 2.79. The molecule has 0 aromatic carbocycles. The van der Waals surface area contributed by atoms with Crippen molar-refractivity contribution in [2.24, 2.45) is 5.10 Å². The van der Waals surface area contributed by atoms with Crippen molar-refractivity contribution >= 4 is 20.7 Å². The predicted molar refractivity (Wildman–Crippen MR) is 79.4 cm³/mol. The Kier molecular flexibility index (Phi) is 7.66. The molecule has 0 aromatic heterocycles. The SMILES string of the molecule is CCCCCCCCCC(O)N1CN(C)N=C1Br. The Hall–Kier alpha value is -0.290. The molecule has 1 N–H and O–H groups in total. The van der Waals surface area contributed by atoms with Gasteiger partial charge in [-0.2, -0.15) is 5.10 Å². The fraction of sp³-hybridized carbons (Fsp3) is 0.923. The third-order valence-electron chi connectivity index (χ3n) is 3.27. The normalized spacial score (nSPS) is 17.2. The summed E-state index contributed by atoms with van der Waals surface area (Å²) in [6, 6.07) is 0. The van der Waals surface area contributed by atoms with Crippen LogP contribution in [0.3, 0.4) is 0 Å². The van der Waals surface area contributed by atoms with Crippen molar-refractivity contribution in [1.82, 2.24) is 9.91 Å². The van der Waals surface area contributed by atoms with E-state index in [4.69, 9.17) is 0 Å². The molecular weight excluding hydrogens is 294 g/mol. The number of aliphatic hydroxyl groups excluding tert-OH is 1. The molecule has 0 aliphatic carbocycles. The first-order chi connectivity index (χ1) is 8.65. The molecule has 1 atom stereocenters. The highest BCUT2D eigenvalue weighted by atomic mass is 79.9. The second-order valence-corrected chi connectivity index (χ2v) is 5.74. The minimum atomic E-state index is -0.413. The van der Waals surface area contributed by atoms with Gasteiger partial charge in [-0.05, 0) is 28.8 Å². The first-order valence-electron chi connectivity index (χ1n) is 7.05. The van der Waals surface area contributed by atoms with E-state index in [-0.39, 0.29) is 0 Å². The summed E-state index contributed by atoms with van der Waals surface area (Å²) in [5.74, 6) is 0. The number of nitrogens with zero attached hydrogens (tertiary/aromatic N) is 3. The number of unbranched alkanes of at least 4 members (excludes halogenated alkanes) is 6. The Morgan fingerprint density at radius 2 is 1.83 bits per heavy atom. The van der Waals surface area contributed by atoms with E-state index in [1.165, 1.54) is 38.5 Å². The van der Waals surface area contributed by atoms with Gasteiger partial charge in [0.25, 0.3) is 0 Å². The van der Waals surface area contributed by atoms with Crippen molar-refractivity contribution in [1.29, 1.82) is 0 Å². The van der Waals surface area contributed by atoms with E-state index < -0.39 is 6.23 Å². The van der Waals surface area contributed by atoms with Crippen molar-refractivity contribution < 1.29 is 5.11 Å². The van der Waals surface area contributed by atoms with Crippen LogP contribution in [0.25, 0.3) is 0 Å². The molecule has 106 valence electrons. The Bertz CT molecular complexity index is 261. The first kappa shape index (κ1) is 15.8. The van der Waals surface area contributed by atoms with E-state index in [1.807, 2.05) is 17.0 Å². The standard InChI is InChI=1S/C13H26BrN3O/c1-3-4-5-6-7-8-9-10-12(18)17-11-16(2)15-13(17)14/h12,18H,3-11H2,1-2H3. The maximum absolute atomic E-state index is 10.1. The van der Waals surface area contributed by atoms with E-state index in [2.05, 4.69) is 28.0 Å². The monoisotopic (exact) mass is 319 g/mol. The zero-order chi connectivity index (χ0) is 13.4. The van der Waals surface area contributed by atoms with Crippen LogP contribution < -0.4 is 0 Å². The van der Waals surface area contributed by atoms with Crippen molar-refractivity contribution in [2.45, 2.75) is 64.5 Å². The molecule has 0 saturated carbocycles. The molecule has 0 aromatic rings. The van der Waals surface area contributed by atoms with Crippen LogP contribution in [0.2, 0.25) is 0 Å². The van der Waals surface area contributed by atoms with Crippen LogP contribution in [-0.2, 0) is 0 Å². The second kappa shape index (κ2) is 8.75. The van der Waals surface area contributed by atoms with Crippen LogP contribution in [0, 0.1) is 0 Å². The fourth-order valence-electron chi connectivity index (χ4n) is 2.17.